The van der Waals surface area contributed by atoms with Crippen LogP contribution in [0.15, 0.2) is 16.6 Å². The highest BCUT2D eigenvalue weighted by Crippen LogP contribution is 2.22. The molecule has 0 saturated heterocycles. The Morgan fingerprint density at radius 2 is 2.32 bits per heavy atom. The van der Waals surface area contributed by atoms with Crippen molar-refractivity contribution in [1.82, 2.24) is 14.1 Å². The minimum Gasteiger partial charge on any atom is -0.448 e. The smallest absolute Gasteiger partial charge is 0.404 e. The summed E-state index contributed by atoms with van der Waals surface area (Å²) in [5.74, 6) is -0.0878. The van der Waals surface area contributed by atoms with Crippen LogP contribution in [0.4, 0.5) is 10.6 Å². The molecule has 2 heterocycles. The number of hydrogen-bond acceptors (Lipinski definition) is 7. The van der Waals surface area contributed by atoms with Gasteiger partial charge in [0.2, 0.25) is 0 Å². The SMILES string of the molecule is NC(=O)OCCNS(=O)(=O)c1c(N)nc2sccn12. The Hall–Kier alpha value is -1.85. The first kappa shape index (κ1) is 13.6. The van der Waals surface area contributed by atoms with Crippen LogP contribution in [0, 0.1) is 0 Å². The van der Waals surface area contributed by atoms with Crippen molar-refractivity contribution in [1.29, 1.82) is 0 Å². The number of primary amides is 1. The number of nitrogens with two attached hydrogens (primary N) is 2. The van der Waals surface area contributed by atoms with E-state index in [1.807, 2.05) is 0 Å². The molecular formula is C8H11N5O4S2. The zero-order chi connectivity index (χ0) is 14.0. The summed E-state index contributed by atoms with van der Waals surface area (Å²) in [5.41, 5.74) is 10.3. The minimum absolute atomic E-state index is 0.0878. The van der Waals surface area contributed by atoms with Gasteiger partial charge in [-0.05, 0) is 0 Å². The number of sulfonamides is 1. The maximum absolute atomic E-state index is 12.1. The van der Waals surface area contributed by atoms with E-state index in [0.29, 0.717) is 4.96 Å². The predicted molar refractivity (Wildman–Crippen MR) is 68.2 cm³/mol. The van der Waals surface area contributed by atoms with E-state index in [0.717, 1.165) is 0 Å². The average Bonchev–Trinajstić information content (AvgIpc) is 2.83. The van der Waals surface area contributed by atoms with Crippen molar-refractivity contribution >= 4 is 38.2 Å². The number of carbonyl (C=O) groups excluding carboxylic acids is 1. The topological polar surface area (TPSA) is 142 Å². The summed E-state index contributed by atoms with van der Waals surface area (Å²) in [7, 11) is -3.84. The third kappa shape index (κ3) is 2.77. The first-order valence-corrected chi connectivity index (χ1v) is 7.41. The van der Waals surface area contributed by atoms with Gasteiger partial charge in [0.1, 0.15) is 6.61 Å². The van der Waals surface area contributed by atoms with Gasteiger partial charge in [-0.25, -0.2) is 22.9 Å². The molecule has 2 rings (SSSR count). The van der Waals surface area contributed by atoms with Gasteiger partial charge in [0, 0.05) is 18.1 Å². The molecule has 0 aliphatic heterocycles. The van der Waals surface area contributed by atoms with Crippen molar-refractivity contribution in [2.45, 2.75) is 5.03 Å². The molecule has 19 heavy (non-hydrogen) atoms. The van der Waals surface area contributed by atoms with E-state index in [1.54, 1.807) is 11.6 Å². The van der Waals surface area contributed by atoms with Crippen LogP contribution in [-0.2, 0) is 14.8 Å². The molecule has 0 radical (unpaired) electrons. The number of thiazole rings is 1. The van der Waals surface area contributed by atoms with E-state index in [-0.39, 0.29) is 24.0 Å². The summed E-state index contributed by atoms with van der Waals surface area (Å²) in [6.45, 7) is -0.276. The van der Waals surface area contributed by atoms with Crippen molar-refractivity contribution in [3.05, 3.63) is 11.6 Å². The number of fused-ring (bicyclic) bond motifs is 1. The standard InChI is InChI=1S/C8H11N5O4S2/c9-5-6(13-2-4-18-8(13)12-5)19(15,16)11-1-3-17-7(10)14/h2,4,11H,1,3,9H2,(H2,10,14). The van der Waals surface area contributed by atoms with Crippen molar-refractivity contribution < 1.29 is 17.9 Å². The summed E-state index contributed by atoms with van der Waals surface area (Å²) >= 11 is 1.26. The predicted octanol–water partition coefficient (Wildman–Crippen LogP) is -0.648. The number of nitrogens with one attached hydrogen (secondary N) is 1. The molecule has 0 saturated carbocycles. The zero-order valence-corrected chi connectivity index (χ0v) is 11.2. The monoisotopic (exact) mass is 305 g/mol. The molecule has 0 spiro atoms. The molecule has 0 aromatic carbocycles. The summed E-state index contributed by atoms with van der Waals surface area (Å²) in [4.78, 5) is 14.7. The highest BCUT2D eigenvalue weighted by atomic mass is 32.2. The number of aromatic nitrogens is 2. The zero-order valence-electron chi connectivity index (χ0n) is 9.57. The van der Waals surface area contributed by atoms with Gasteiger partial charge < -0.3 is 16.2 Å². The Bertz CT molecular complexity index is 704. The minimum atomic E-state index is -3.84. The largest absolute Gasteiger partial charge is 0.448 e. The maximum Gasteiger partial charge on any atom is 0.404 e. The van der Waals surface area contributed by atoms with Crippen molar-refractivity contribution in [3.8, 4) is 0 Å². The maximum atomic E-state index is 12.1. The first-order chi connectivity index (χ1) is 8.92. The first-order valence-electron chi connectivity index (χ1n) is 5.05. The number of rotatable bonds is 5. The number of ether oxygens (including phenoxy) is 1. The van der Waals surface area contributed by atoms with Crippen LogP contribution in [0.2, 0.25) is 0 Å². The second kappa shape index (κ2) is 5.03. The summed E-state index contributed by atoms with van der Waals surface area (Å²) < 4.78 is 32.1. The fourth-order valence-corrected chi connectivity index (χ4v) is 3.44. The number of nitrogen functional groups attached to an aromatic ring is 1. The van der Waals surface area contributed by atoms with Gasteiger partial charge in [-0.15, -0.1) is 11.3 Å². The van der Waals surface area contributed by atoms with Crippen LogP contribution in [0.3, 0.4) is 0 Å². The van der Waals surface area contributed by atoms with Gasteiger partial charge in [0.05, 0.1) is 0 Å². The molecule has 2 aromatic heterocycles. The molecule has 9 nitrogen and oxygen atoms in total. The molecule has 2 aromatic rings. The molecule has 1 amide bonds. The van der Waals surface area contributed by atoms with Crippen LogP contribution in [0.25, 0.3) is 4.96 Å². The second-order valence-electron chi connectivity index (χ2n) is 3.42. The lowest BCUT2D eigenvalue weighted by atomic mass is 10.7. The quantitative estimate of drug-likeness (QED) is 0.627. The third-order valence-electron chi connectivity index (χ3n) is 2.14. The lowest BCUT2D eigenvalue weighted by Gasteiger charge is -2.06. The van der Waals surface area contributed by atoms with Gasteiger partial charge in [0.15, 0.2) is 15.8 Å². The highest BCUT2D eigenvalue weighted by Gasteiger charge is 2.24. The van der Waals surface area contributed by atoms with Gasteiger partial charge >= 0.3 is 6.09 Å². The van der Waals surface area contributed by atoms with E-state index in [2.05, 4.69) is 14.4 Å². The average molecular weight is 305 g/mol. The van der Waals surface area contributed by atoms with E-state index in [1.165, 1.54) is 15.7 Å². The Morgan fingerprint density at radius 1 is 1.58 bits per heavy atom. The van der Waals surface area contributed by atoms with Gasteiger partial charge in [-0.1, -0.05) is 0 Å². The number of hydrogen-bond donors (Lipinski definition) is 3. The molecule has 0 bridgehead atoms. The summed E-state index contributed by atoms with van der Waals surface area (Å²) in [5, 5.41) is 1.56. The van der Waals surface area contributed by atoms with E-state index in [9.17, 15) is 13.2 Å². The fraction of sp³-hybridized carbons (Fsp3) is 0.250. The van der Waals surface area contributed by atoms with Crippen molar-refractivity contribution in [2.75, 3.05) is 18.9 Å². The molecule has 0 aliphatic rings. The fourth-order valence-electron chi connectivity index (χ4n) is 1.44. The molecule has 0 atom stereocenters. The van der Waals surface area contributed by atoms with E-state index >= 15 is 0 Å². The van der Waals surface area contributed by atoms with Gasteiger partial charge in [-0.2, -0.15) is 0 Å². The number of imidazole rings is 1. The molecule has 11 heteroatoms. The highest BCUT2D eigenvalue weighted by molar-refractivity contribution is 7.89. The molecular weight excluding hydrogens is 294 g/mol. The number of amides is 1. The number of nitrogens with zero attached hydrogens (tertiary/aromatic N) is 2. The summed E-state index contributed by atoms with van der Waals surface area (Å²) in [6, 6.07) is 0. The normalized spacial score (nSPS) is 11.8. The van der Waals surface area contributed by atoms with Gasteiger partial charge in [0.25, 0.3) is 10.0 Å². The van der Waals surface area contributed by atoms with Crippen LogP contribution in [0.5, 0.6) is 0 Å². The van der Waals surface area contributed by atoms with Crippen molar-refractivity contribution in [2.24, 2.45) is 5.73 Å². The van der Waals surface area contributed by atoms with Crippen molar-refractivity contribution in [3.63, 3.8) is 0 Å². The van der Waals surface area contributed by atoms with E-state index in [4.69, 9.17) is 11.5 Å². The van der Waals surface area contributed by atoms with E-state index < -0.39 is 16.1 Å². The Balaban J connectivity index is 2.17. The lowest BCUT2D eigenvalue weighted by molar-refractivity contribution is 0.159. The Morgan fingerprint density at radius 3 is 3.00 bits per heavy atom. The van der Waals surface area contributed by atoms with Crippen LogP contribution >= 0.6 is 11.3 Å². The molecule has 0 aliphatic carbocycles. The lowest BCUT2D eigenvalue weighted by Crippen LogP contribution is -2.30. The molecule has 5 N–H and O–H groups in total. The second-order valence-corrected chi connectivity index (χ2v) is 5.98. The van der Waals surface area contributed by atoms with Crippen LogP contribution < -0.4 is 16.2 Å². The Labute approximate surface area is 112 Å². The van der Waals surface area contributed by atoms with Crippen LogP contribution in [0.1, 0.15) is 0 Å². The molecule has 0 unspecified atom stereocenters. The number of carbonyl (C=O) groups is 1. The van der Waals surface area contributed by atoms with Crippen LogP contribution in [-0.4, -0.2) is 37.0 Å². The third-order valence-corrected chi connectivity index (χ3v) is 4.39. The Kier molecular flexibility index (Phi) is 3.59. The summed E-state index contributed by atoms with van der Waals surface area (Å²) in [6.07, 6.45) is 0.584. The molecule has 0 fully saturated rings. The van der Waals surface area contributed by atoms with Gasteiger partial charge in [-0.3, -0.25) is 4.40 Å². The molecule has 104 valence electrons. The number of anilines is 1.